The average molecular weight is 213 g/mol. The van der Waals surface area contributed by atoms with Crippen LogP contribution in [0, 0.1) is 0 Å². The second-order valence-corrected chi connectivity index (χ2v) is 4.46. The van der Waals surface area contributed by atoms with Gasteiger partial charge in [-0.25, -0.2) is 0 Å². The number of nitrogens with zero attached hydrogens (tertiary/aromatic N) is 2. The summed E-state index contributed by atoms with van der Waals surface area (Å²) in [6.07, 6.45) is 5.17. The Balaban J connectivity index is 1.73. The molecule has 1 aromatic heterocycles. The van der Waals surface area contributed by atoms with E-state index in [0.29, 0.717) is 12.0 Å². The molecule has 0 aliphatic heterocycles. The lowest BCUT2D eigenvalue weighted by Crippen LogP contribution is -2.01. The minimum Gasteiger partial charge on any atom is -0.327 e. The lowest BCUT2D eigenvalue weighted by atomic mass is 10.2. The molecule has 1 heterocycles. The van der Waals surface area contributed by atoms with Gasteiger partial charge < -0.3 is 5.73 Å². The van der Waals surface area contributed by atoms with Gasteiger partial charge in [0.05, 0.1) is 12.7 Å². The second-order valence-electron chi connectivity index (χ2n) is 4.46. The molecule has 1 aliphatic rings. The van der Waals surface area contributed by atoms with E-state index in [9.17, 15) is 0 Å². The Labute approximate surface area is 94.9 Å². The largest absolute Gasteiger partial charge is 0.327 e. The highest BCUT2D eigenvalue weighted by atomic mass is 15.3. The van der Waals surface area contributed by atoms with Gasteiger partial charge in [-0.15, -0.1) is 0 Å². The molecule has 0 unspecified atom stereocenters. The van der Waals surface area contributed by atoms with E-state index in [1.165, 1.54) is 11.1 Å². The van der Waals surface area contributed by atoms with Gasteiger partial charge in [0.1, 0.15) is 0 Å². The maximum Gasteiger partial charge on any atom is 0.0659 e. The first kappa shape index (κ1) is 9.60. The van der Waals surface area contributed by atoms with Crippen molar-refractivity contribution >= 4 is 0 Å². The van der Waals surface area contributed by atoms with Crippen LogP contribution in [0.2, 0.25) is 0 Å². The van der Waals surface area contributed by atoms with Crippen LogP contribution >= 0.6 is 0 Å². The van der Waals surface area contributed by atoms with Gasteiger partial charge in [-0.05, 0) is 17.5 Å². The molecule has 1 aromatic carbocycles. The zero-order chi connectivity index (χ0) is 11.0. The molecule has 0 saturated heterocycles. The van der Waals surface area contributed by atoms with Crippen LogP contribution in [-0.2, 0) is 6.54 Å². The summed E-state index contributed by atoms with van der Waals surface area (Å²) in [7, 11) is 0. The Kier molecular flexibility index (Phi) is 2.26. The SMILES string of the molecule is N[C@@H]1C[C@H]1c1cnn(Cc2ccccc2)c1. The fourth-order valence-electron chi connectivity index (χ4n) is 2.03. The highest BCUT2D eigenvalue weighted by molar-refractivity contribution is 5.23. The van der Waals surface area contributed by atoms with Crippen LogP contribution in [0.5, 0.6) is 0 Å². The highest BCUT2D eigenvalue weighted by Crippen LogP contribution is 2.38. The quantitative estimate of drug-likeness (QED) is 0.844. The van der Waals surface area contributed by atoms with Crippen molar-refractivity contribution < 1.29 is 0 Å². The van der Waals surface area contributed by atoms with Gasteiger partial charge in [0.15, 0.2) is 0 Å². The van der Waals surface area contributed by atoms with E-state index in [2.05, 4.69) is 35.6 Å². The predicted octanol–water partition coefficient (Wildman–Crippen LogP) is 1.75. The maximum atomic E-state index is 5.82. The van der Waals surface area contributed by atoms with Crippen molar-refractivity contribution in [3.8, 4) is 0 Å². The van der Waals surface area contributed by atoms with Crippen molar-refractivity contribution in [3.05, 3.63) is 53.9 Å². The number of nitrogens with two attached hydrogens (primary N) is 1. The zero-order valence-corrected chi connectivity index (χ0v) is 9.08. The van der Waals surface area contributed by atoms with Gasteiger partial charge in [0.2, 0.25) is 0 Å². The molecule has 0 spiro atoms. The topological polar surface area (TPSA) is 43.8 Å². The van der Waals surface area contributed by atoms with Gasteiger partial charge in [-0.2, -0.15) is 5.10 Å². The predicted molar refractivity (Wildman–Crippen MR) is 63.1 cm³/mol. The van der Waals surface area contributed by atoms with E-state index in [-0.39, 0.29) is 0 Å². The van der Waals surface area contributed by atoms with Crippen molar-refractivity contribution in [2.45, 2.75) is 24.9 Å². The molecular formula is C13H15N3. The molecule has 2 atom stereocenters. The Morgan fingerprint density at radius 1 is 1.31 bits per heavy atom. The summed E-state index contributed by atoms with van der Waals surface area (Å²) in [6.45, 7) is 0.836. The molecule has 0 radical (unpaired) electrons. The number of hydrogen-bond acceptors (Lipinski definition) is 2. The number of rotatable bonds is 3. The fourth-order valence-corrected chi connectivity index (χ4v) is 2.03. The summed E-state index contributed by atoms with van der Waals surface area (Å²) in [5.41, 5.74) is 8.38. The van der Waals surface area contributed by atoms with E-state index in [1.54, 1.807) is 0 Å². The van der Waals surface area contributed by atoms with E-state index in [4.69, 9.17) is 5.73 Å². The van der Waals surface area contributed by atoms with Crippen LogP contribution < -0.4 is 5.73 Å². The summed E-state index contributed by atoms with van der Waals surface area (Å²) >= 11 is 0. The Morgan fingerprint density at radius 2 is 2.06 bits per heavy atom. The van der Waals surface area contributed by atoms with E-state index in [1.807, 2.05) is 16.9 Å². The van der Waals surface area contributed by atoms with Gasteiger partial charge >= 0.3 is 0 Å². The van der Waals surface area contributed by atoms with Crippen molar-refractivity contribution in [2.75, 3.05) is 0 Å². The van der Waals surface area contributed by atoms with Crippen molar-refractivity contribution in [1.82, 2.24) is 9.78 Å². The molecule has 0 amide bonds. The van der Waals surface area contributed by atoms with Crippen molar-refractivity contribution in [1.29, 1.82) is 0 Å². The normalized spacial score (nSPS) is 23.3. The monoisotopic (exact) mass is 213 g/mol. The molecule has 2 aromatic rings. The van der Waals surface area contributed by atoms with E-state index >= 15 is 0 Å². The molecule has 82 valence electrons. The summed E-state index contributed by atoms with van der Waals surface area (Å²) in [5.74, 6) is 0.546. The molecule has 1 saturated carbocycles. The Morgan fingerprint density at radius 3 is 2.75 bits per heavy atom. The molecule has 16 heavy (non-hydrogen) atoms. The van der Waals surface area contributed by atoms with Gasteiger partial charge in [0.25, 0.3) is 0 Å². The zero-order valence-electron chi connectivity index (χ0n) is 9.08. The van der Waals surface area contributed by atoms with Gasteiger partial charge in [0, 0.05) is 18.2 Å². The summed E-state index contributed by atoms with van der Waals surface area (Å²) in [5, 5.41) is 4.37. The first-order valence-electron chi connectivity index (χ1n) is 5.65. The third kappa shape index (κ3) is 1.86. The highest BCUT2D eigenvalue weighted by Gasteiger charge is 2.35. The van der Waals surface area contributed by atoms with Crippen LogP contribution in [0.25, 0.3) is 0 Å². The average Bonchev–Trinajstić information content (AvgIpc) is 2.86. The molecule has 3 nitrogen and oxygen atoms in total. The summed E-state index contributed by atoms with van der Waals surface area (Å²) in [4.78, 5) is 0. The standard InChI is InChI=1S/C13H15N3/c14-13-6-12(13)11-7-15-16(9-11)8-10-4-2-1-3-5-10/h1-5,7,9,12-13H,6,8,14H2/t12-,13+/m0/s1. The van der Waals surface area contributed by atoms with Crippen molar-refractivity contribution in [2.24, 2.45) is 5.73 Å². The first-order valence-corrected chi connectivity index (χ1v) is 5.65. The van der Waals surface area contributed by atoms with Crippen LogP contribution in [-0.4, -0.2) is 15.8 Å². The number of aromatic nitrogens is 2. The first-order chi connectivity index (χ1) is 7.83. The van der Waals surface area contributed by atoms with Crippen LogP contribution in [0.15, 0.2) is 42.7 Å². The smallest absolute Gasteiger partial charge is 0.0659 e. The summed E-state index contributed by atoms with van der Waals surface area (Å²) < 4.78 is 1.98. The maximum absolute atomic E-state index is 5.82. The second kappa shape index (κ2) is 3.76. The molecule has 3 rings (SSSR count). The molecular weight excluding hydrogens is 198 g/mol. The lowest BCUT2D eigenvalue weighted by molar-refractivity contribution is 0.686. The minimum atomic E-state index is 0.356. The van der Waals surface area contributed by atoms with E-state index in [0.717, 1.165) is 13.0 Å². The van der Waals surface area contributed by atoms with Crippen LogP contribution in [0.3, 0.4) is 0 Å². The van der Waals surface area contributed by atoms with Crippen LogP contribution in [0.1, 0.15) is 23.5 Å². The summed E-state index contributed by atoms with van der Waals surface area (Å²) in [6, 6.07) is 10.7. The minimum absolute atomic E-state index is 0.356. The van der Waals surface area contributed by atoms with E-state index < -0.39 is 0 Å². The van der Waals surface area contributed by atoms with Crippen LogP contribution in [0.4, 0.5) is 0 Å². The van der Waals surface area contributed by atoms with Gasteiger partial charge in [-0.1, -0.05) is 30.3 Å². The molecule has 1 fully saturated rings. The molecule has 0 bridgehead atoms. The molecule has 3 heteroatoms. The fraction of sp³-hybridized carbons (Fsp3) is 0.308. The molecule has 1 aliphatic carbocycles. The van der Waals surface area contributed by atoms with Gasteiger partial charge in [-0.3, -0.25) is 4.68 Å². The third-order valence-corrected chi connectivity index (χ3v) is 3.11. The lowest BCUT2D eigenvalue weighted by Gasteiger charge is -2.00. The van der Waals surface area contributed by atoms with Crippen molar-refractivity contribution in [3.63, 3.8) is 0 Å². The third-order valence-electron chi connectivity index (χ3n) is 3.11. The Bertz CT molecular complexity index is 475. The molecule has 2 N–H and O–H groups in total. The Hall–Kier alpha value is -1.61. The number of hydrogen-bond donors (Lipinski definition) is 1. The number of benzene rings is 1.